The highest BCUT2D eigenvalue weighted by atomic mass is 35.5. The van der Waals surface area contributed by atoms with Gasteiger partial charge in [0.2, 0.25) is 0 Å². The number of benzene rings is 1. The quantitative estimate of drug-likeness (QED) is 0.835. The van der Waals surface area contributed by atoms with Crippen molar-refractivity contribution in [1.82, 2.24) is 5.32 Å². The molecule has 0 aromatic heterocycles. The van der Waals surface area contributed by atoms with Crippen LogP contribution in [0.5, 0.6) is 5.75 Å². The molecule has 1 aromatic rings. The maximum Gasteiger partial charge on any atom is 0.180 e. The Bertz CT molecular complexity index is 456. The van der Waals surface area contributed by atoms with Gasteiger partial charge >= 0.3 is 0 Å². The Hall–Kier alpha value is -1.06. The van der Waals surface area contributed by atoms with Gasteiger partial charge in [0, 0.05) is 5.02 Å². The monoisotopic (exact) mass is 269 g/mol. The first-order valence-electron chi connectivity index (χ1n) is 5.98. The largest absolute Gasteiger partial charge is 0.496 e. The van der Waals surface area contributed by atoms with Crippen molar-refractivity contribution in [2.24, 2.45) is 0 Å². The molecule has 1 aromatic carbocycles. The third kappa shape index (κ3) is 2.85. The average Bonchev–Trinajstić information content (AvgIpc) is 2.31. The van der Waals surface area contributed by atoms with E-state index in [1.165, 1.54) is 0 Å². The van der Waals surface area contributed by atoms with E-state index in [0.717, 1.165) is 11.1 Å². The van der Waals surface area contributed by atoms with E-state index in [1.807, 2.05) is 13.0 Å². The molecule has 0 aliphatic carbocycles. The van der Waals surface area contributed by atoms with Crippen molar-refractivity contribution in [2.45, 2.75) is 26.7 Å². The lowest BCUT2D eigenvalue weighted by molar-refractivity contribution is 0.0990. The van der Waals surface area contributed by atoms with Gasteiger partial charge in [0.05, 0.1) is 19.2 Å². The fraction of sp³-hybridized carbons (Fsp3) is 0.500. The molecule has 0 amide bonds. The molecule has 4 heteroatoms. The van der Waals surface area contributed by atoms with Crippen LogP contribution < -0.4 is 10.1 Å². The Labute approximate surface area is 113 Å². The molecule has 0 aliphatic heterocycles. The molecule has 0 saturated heterocycles. The molecule has 0 unspecified atom stereocenters. The molecule has 1 rings (SSSR count). The van der Waals surface area contributed by atoms with Crippen LogP contribution in [0, 0.1) is 6.92 Å². The summed E-state index contributed by atoms with van der Waals surface area (Å²) in [6.07, 6.45) is 0. The summed E-state index contributed by atoms with van der Waals surface area (Å²) in [4.78, 5) is 12.2. The topological polar surface area (TPSA) is 38.3 Å². The number of hydrogen-bond acceptors (Lipinski definition) is 3. The van der Waals surface area contributed by atoms with Crippen molar-refractivity contribution >= 4 is 17.4 Å². The lowest BCUT2D eigenvalue weighted by Gasteiger charge is -2.18. The second-order valence-corrected chi connectivity index (χ2v) is 5.00. The van der Waals surface area contributed by atoms with Crippen molar-refractivity contribution in [1.29, 1.82) is 0 Å². The van der Waals surface area contributed by atoms with Gasteiger partial charge < -0.3 is 10.1 Å². The number of Topliss-reactive ketones (excluding diaryl/α,β-unsaturated/α-hetero) is 1. The van der Waals surface area contributed by atoms with Crippen LogP contribution in [0.3, 0.4) is 0 Å². The number of methoxy groups -OCH3 is 1. The van der Waals surface area contributed by atoms with Crippen LogP contribution in [-0.2, 0) is 0 Å². The number of ketones is 1. The minimum atomic E-state index is -0.00347. The molecule has 0 spiro atoms. The zero-order valence-corrected chi connectivity index (χ0v) is 12.3. The van der Waals surface area contributed by atoms with E-state index in [-0.39, 0.29) is 18.2 Å². The van der Waals surface area contributed by atoms with Crippen molar-refractivity contribution in [3.63, 3.8) is 0 Å². The molecule has 1 N–H and O–H groups in total. The molecular weight excluding hydrogens is 250 g/mol. The molecule has 0 saturated carbocycles. The normalized spacial score (nSPS) is 10.8. The summed E-state index contributed by atoms with van der Waals surface area (Å²) in [6, 6.07) is 1.89. The third-order valence-corrected chi connectivity index (χ3v) is 3.34. The highest BCUT2D eigenvalue weighted by Crippen LogP contribution is 2.36. The second kappa shape index (κ2) is 6.21. The van der Waals surface area contributed by atoms with Crippen LogP contribution in [0.4, 0.5) is 0 Å². The standard InChI is InChI=1S/C14H20ClNO2/c1-8(2)10-6-11(15)9(3)13(14(10)18-5)12(17)7-16-4/h6,8,16H,7H2,1-5H3. The highest BCUT2D eigenvalue weighted by molar-refractivity contribution is 6.32. The van der Waals surface area contributed by atoms with E-state index in [2.05, 4.69) is 19.2 Å². The van der Waals surface area contributed by atoms with Crippen LogP contribution in [0.25, 0.3) is 0 Å². The fourth-order valence-electron chi connectivity index (χ4n) is 1.98. The molecular formula is C14H20ClNO2. The number of carbonyl (C=O) groups excluding carboxylic acids is 1. The van der Waals surface area contributed by atoms with Gasteiger partial charge in [0.25, 0.3) is 0 Å². The summed E-state index contributed by atoms with van der Waals surface area (Å²) in [6.45, 7) is 6.22. The van der Waals surface area contributed by atoms with Gasteiger partial charge in [0.1, 0.15) is 5.75 Å². The summed E-state index contributed by atoms with van der Waals surface area (Å²) in [5.74, 6) is 0.891. The van der Waals surface area contributed by atoms with Crippen LogP contribution in [0.1, 0.15) is 41.3 Å². The van der Waals surface area contributed by atoms with E-state index >= 15 is 0 Å². The third-order valence-electron chi connectivity index (χ3n) is 2.95. The Morgan fingerprint density at radius 1 is 1.50 bits per heavy atom. The molecule has 0 fully saturated rings. The summed E-state index contributed by atoms with van der Waals surface area (Å²) in [5.41, 5.74) is 2.33. The Kier molecular flexibility index (Phi) is 5.17. The van der Waals surface area contributed by atoms with Gasteiger partial charge in [-0.1, -0.05) is 25.4 Å². The number of hydrogen-bond donors (Lipinski definition) is 1. The first kappa shape index (κ1) is 15.0. The first-order chi connectivity index (χ1) is 8.43. The Balaban J connectivity index is 3.50. The molecule has 0 atom stereocenters. The van der Waals surface area contributed by atoms with Crippen LogP contribution in [-0.4, -0.2) is 26.5 Å². The Morgan fingerprint density at radius 2 is 2.11 bits per heavy atom. The maximum absolute atomic E-state index is 12.2. The molecule has 100 valence electrons. The number of halogens is 1. The van der Waals surface area contributed by atoms with Gasteiger partial charge in [-0.15, -0.1) is 0 Å². The number of nitrogens with one attached hydrogen (secondary N) is 1. The van der Waals surface area contributed by atoms with Crippen LogP contribution >= 0.6 is 11.6 Å². The molecule has 18 heavy (non-hydrogen) atoms. The summed E-state index contributed by atoms with van der Waals surface area (Å²) in [5, 5.41) is 3.47. The van der Waals surface area contributed by atoms with Gasteiger partial charge in [-0.2, -0.15) is 0 Å². The molecule has 3 nitrogen and oxygen atoms in total. The summed E-state index contributed by atoms with van der Waals surface area (Å²) >= 11 is 6.21. The van der Waals surface area contributed by atoms with E-state index in [0.29, 0.717) is 16.3 Å². The van der Waals surface area contributed by atoms with Crippen molar-refractivity contribution in [2.75, 3.05) is 20.7 Å². The molecule has 0 bridgehead atoms. The number of ether oxygens (including phenoxy) is 1. The highest BCUT2D eigenvalue weighted by Gasteiger charge is 2.22. The zero-order valence-electron chi connectivity index (χ0n) is 11.6. The van der Waals surface area contributed by atoms with E-state index in [4.69, 9.17) is 16.3 Å². The maximum atomic E-state index is 12.2. The summed E-state index contributed by atoms with van der Waals surface area (Å²) < 4.78 is 5.43. The van der Waals surface area contributed by atoms with E-state index in [1.54, 1.807) is 14.2 Å². The molecule has 0 heterocycles. The van der Waals surface area contributed by atoms with Gasteiger partial charge in [-0.3, -0.25) is 4.79 Å². The number of carbonyl (C=O) groups is 1. The SMILES string of the molecule is CNCC(=O)c1c(C)c(Cl)cc(C(C)C)c1OC. The first-order valence-corrected chi connectivity index (χ1v) is 6.36. The van der Waals surface area contributed by atoms with Crippen LogP contribution in [0.2, 0.25) is 5.02 Å². The lowest BCUT2D eigenvalue weighted by Crippen LogP contribution is -2.20. The van der Waals surface area contributed by atoms with Gasteiger partial charge in [-0.25, -0.2) is 0 Å². The fourth-order valence-corrected chi connectivity index (χ4v) is 2.19. The molecule has 0 radical (unpaired) electrons. The van der Waals surface area contributed by atoms with Crippen molar-refractivity contribution in [3.8, 4) is 5.75 Å². The van der Waals surface area contributed by atoms with E-state index in [9.17, 15) is 4.79 Å². The summed E-state index contributed by atoms with van der Waals surface area (Å²) in [7, 11) is 3.33. The smallest absolute Gasteiger partial charge is 0.180 e. The van der Waals surface area contributed by atoms with E-state index < -0.39 is 0 Å². The average molecular weight is 270 g/mol. The minimum absolute atomic E-state index is 0.00347. The van der Waals surface area contributed by atoms with Gasteiger partial charge in [-0.05, 0) is 37.1 Å². The number of rotatable bonds is 5. The zero-order chi connectivity index (χ0) is 13.9. The van der Waals surface area contributed by atoms with Crippen molar-refractivity contribution < 1.29 is 9.53 Å². The molecule has 0 aliphatic rings. The van der Waals surface area contributed by atoms with Crippen LogP contribution in [0.15, 0.2) is 6.07 Å². The lowest BCUT2D eigenvalue weighted by atomic mass is 9.93. The predicted molar refractivity (Wildman–Crippen MR) is 75.1 cm³/mol. The Morgan fingerprint density at radius 3 is 2.56 bits per heavy atom. The predicted octanol–water partition coefficient (Wildman–Crippen LogP) is 3.18. The minimum Gasteiger partial charge on any atom is -0.496 e. The second-order valence-electron chi connectivity index (χ2n) is 4.59. The van der Waals surface area contributed by atoms with Crippen molar-refractivity contribution in [3.05, 3.63) is 27.8 Å². The number of likely N-dealkylation sites (N-methyl/N-ethyl adjacent to an activating group) is 1. The van der Waals surface area contributed by atoms with Gasteiger partial charge in [0.15, 0.2) is 5.78 Å².